The number of alkyl halides is 1. The Hall–Kier alpha value is -1.00. The highest BCUT2D eigenvalue weighted by molar-refractivity contribution is 7.80. The summed E-state index contributed by atoms with van der Waals surface area (Å²) in [7, 11) is 0. The molecule has 0 aliphatic rings. The number of aliphatic carboxylic acids is 1. The van der Waals surface area contributed by atoms with E-state index in [1.54, 1.807) is 18.2 Å². The fourth-order valence-corrected chi connectivity index (χ4v) is 1.89. The molecule has 0 saturated heterocycles. The minimum absolute atomic E-state index is 0.189. The Bertz CT molecular complexity index is 431. The summed E-state index contributed by atoms with van der Waals surface area (Å²) in [6.07, 6.45) is -0.189. The van der Waals surface area contributed by atoms with Gasteiger partial charge in [0.1, 0.15) is 5.38 Å². The average molecular weight is 259 g/mol. The molecular formula is C11H11ClO3S. The molecule has 5 heteroatoms. The number of Topliss-reactive ketones (excluding diaryl/α,β-unsaturated/α-hetero) is 1. The number of thiol groups is 1. The third-order valence-corrected chi connectivity index (χ3v) is 3.11. The van der Waals surface area contributed by atoms with Crippen LogP contribution < -0.4 is 0 Å². The molecule has 0 heterocycles. The van der Waals surface area contributed by atoms with Crippen molar-refractivity contribution in [3.05, 3.63) is 29.3 Å². The number of halogens is 1. The molecule has 1 unspecified atom stereocenters. The van der Waals surface area contributed by atoms with E-state index < -0.39 is 11.3 Å². The molecule has 0 aliphatic carbocycles. The lowest BCUT2D eigenvalue weighted by Gasteiger charge is -2.13. The molecule has 16 heavy (non-hydrogen) atoms. The largest absolute Gasteiger partial charge is 0.481 e. The molecule has 0 saturated carbocycles. The van der Waals surface area contributed by atoms with E-state index in [2.05, 4.69) is 12.6 Å². The van der Waals surface area contributed by atoms with Crippen LogP contribution in [0.2, 0.25) is 0 Å². The molecule has 86 valence electrons. The van der Waals surface area contributed by atoms with Gasteiger partial charge >= 0.3 is 5.97 Å². The highest BCUT2D eigenvalue weighted by Gasteiger charge is 2.19. The van der Waals surface area contributed by atoms with Gasteiger partial charge in [0.2, 0.25) is 0 Å². The van der Waals surface area contributed by atoms with Crippen molar-refractivity contribution in [3.63, 3.8) is 0 Å². The zero-order chi connectivity index (χ0) is 12.3. The lowest BCUT2D eigenvalue weighted by atomic mass is 10.00. The van der Waals surface area contributed by atoms with Crippen LogP contribution in [0.5, 0.6) is 0 Å². The first-order chi connectivity index (χ1) is 7.43. The van der Waals surface area contributed by atoms with Crippen LogP contribution in [0, 0.1) is 0 Å². The number of benzene rings is 1. The standard InChI is InChI=1S/C11H11ClO3S/c1-6(13)11(12)7-3-2-4-9(16)8(7)5-10(14)15/h2-4,11,16H,5H2,1H3,(H,14,15). The van der Waals surface area contributed by atoms with Gasteiger partial charge in [0.15, 0.2) is 5.78 Å². The zero-order valence-corrected chi connectivity index (χ0v) is 10.3. The second kappa shape index (κ2) is 5.37. The fraction of sp³-hybridized carbons (Fsp3) is 0.273. The maximum absolute atomic E-state index is 11.2. The monoisotopic (exact) mass is 258 g/mol. The number of carboxylic acid groups (broad SMARTS) is 1. The van der Waals surface area contributed by atoms with Crippen molar-refractivity contribution < 1.29 is 14.7 Å². The number of ketones is 1. The van der Waals surface area contributed by atoms with Gasteiger partial charge in [0, 0.05) is 4.90 Å². The van der Waals surface area contributed by atoms with E-state index in [0.29, 0.717) is 16.0 Å². The molecule has 0 spiro atoms. The van der Waals surface area contributed by atoms with Gasteiger partial charge in [0.25, 0.3) is 0 Å². The van der Waals surface area contributed by atoms with Crippen LogP contribution >= 0.6 is 24.2 Å². The second-order valence-corrected chi connectivity index (χ2v) is 4.31. The van der Waals surface area contributed by atoms with E-state index >= 15 is 0 Å². The molecule has 0 amide bonds. The highest BCUT2D eigenvalue weighted by Crippen LogP contribution is 2.29. The van der Waals surface area contributed by atoms with Crippen molar-refractivity contribution in [2.45, 2.75) is 23.6 Å². The molecule has 1 atom stereocenters. The van der Waals surface area contributed by atoms with E-state index in [1.165, 1.54) is 6.92 Å². The molecule has 3 nitrogen and oxygen atoms in total. The van der Waals surface area contributed by atoms with E-state index in [9.17, 15) is 9.59 Å². The number of carboxylic acids is 1. The predicted octanol–water partition coefficient (Wildman–Crippen LogP) is 2.47. The maximum atomic E-state index is 11.2. The van der Waals surface area contributed by atoms with E-state index in [-0.39, 0.29) is 12.2 Å². The van der Waals surface area contributed by atoms with Gasteiger partial charge in [-0.15, -0.1) is 24.2 Å². The highest BCUT2D eigenvalue weighted by atomic mass is 35.5. The lowest BCUT2D eigenvalue weighted by molar-refractivity contribution is -0.136. The van der Waals surface area contributed by atoms with E-state index in [4.69, 9.17) is 16.7 Å². The first-order valence-corrected chi connectivity index (χ1v) is 5.49. The van der Waals surface area contributed by atoms with Crippen molar-refractivity contribution in [2.75, 3.05) is 0 Å². The summed E-state index contributed by atoms with van der Waals surface area (Å²) >= 11 is 10.1. The van der Waals surface area contributed by atoms with Crippen molar-refractivity contribution in [2.24, 2.45) is 0 Å². The zero-order valence-electron chi connectivity index (χ0n) is 8.61. The first kappa shape index (κ1) is 13.1. The van der Waals surface area contributed by atoms with Crippen LogP contribution in [0.3, 0.4) is 0 Å². The van der Waals surface area contributed by atoms with Gasteiger partial charge in [-0.2, -0.15) is 0 Å². The minimum atomic E-state index is -0.977. The molecule has 0 bridgehead atoms. The van der Waals surface area contributed by atoms with Crippen molar-refractivity contribution in [1.82, 2.24) is 0 Å². The van der Waals surface area contributed by atoms with Gasteiger partial charge in [0.05, 0.1) is 6.42 Å². The minimum Gasteiger partial charge on any atom is -0.481 e. The summed E-state index contributed by atoms with van der Waals surface area (Å²) in [5.74, 6) is -1.19. The smallest absolute Gasteiger partial charge is 0.307 e. The molecule has 0 aliphatic heterocycles. The van der Waals surface area contributed by atoms with Gasteiger partial charge in [-0.25, -0.2) is 0 Å². The molecule has 1 aromatic carbocycles. The Morgan fingerprint density at radius 3 is 2.62 bits per heavy atom. The number of carbonyl (C=O) groups excluding carboxylic acids is 1. The lowest BCUT2D eigenvalue weighted by Crippen LogP contribution is -2.09. The second-order valence-electron chi connectivity index (χ2n) is 3.39. The summed E-state index contributed by atoms with van der Waals surface area (Å²) in [5, 5.41) is 7.96. The quantitative estimate of drug-likeness (QED) is 0.644. The van der Waals surface area contributed by atoms with E-state index in [0.717, 1.165) is 0 Å². The molecule has 1 aromatic rings. The molecule has 0 fully saturated rings. The van der Waals surface area contributed by atoms with Crippen molar-refractivity contribution in [3.8, 4) is 0 Å². The number of carbonyl (C=O) groups is 2. The van der Waals surface area contributed by atoms with Crippen LogP contribution in [0.25, 0.3) is 0 Å². The van der Waals surface area contributed by atoms with Gasteiger partial charge in [-0.3, -0.25) is 9.59 Å². The fourth-order valence-electron chi connectivity index (χ4n) is 1.39. The summed E-state index contributed by atoms with van der Waals surface area (Å²) in [6.45, 7) is 1.37. The SMILES string of the molecule is CC(=O)C(Cl)c1cccc(S)c1CC(=O)O. The van der Waals surface area contributed by atoms with Gasteiger partial charge in [-0.1, -0.05) is 12.1 Å². The van der Waals surface area contributed by atoms with Crippen LogP contribution in [-0.2, 0) is 16.0 Å². The Morgan fingerprint density at radius 2 is 2.12 bits per heavy atom. The summed E-state index contributed by atoms with van der Waals surface area (Å²) in [5.41, 5.74) is 1.01. The summed E-state index contributed by atoms with van der Waals surface area (Å²) in [6, 6.07) is 5.02. The van der Waals surface area contributed by atoms with Crippen LogP contribution in [0.15, 0.2) is 23.1 Å². The Morgan fingerprint density at radius 1 is 1.50 bits per heavy atom. The Labute approximate surface area is 104 Å². The third kappa shape index (κ3) is 3.00. The van der Waals surface area contributed by atoms with E-state index in [1.807, 2.05) is 0 Å². The first-order valence-electron chi connectivity index (χ1n) is 4.60. The van der Waals surface area contributed by atoms with Gasteiger partial charge < -0.3 is 5.11 Å². The maximum Gasteiger partial charge on any atom is 0.307 e. The molecule has 1 N–H and O–H groups in total. The third-order valence-electron chi connectivity index (χ3n) is 2.15. The molecular weight excluding hydrogens is 248 g/mol. The average Bonchev–Trinajstić information content (AvgIpc) is 2.19. The summed E-state index contributed by atoms with van der Waals surface area (Å²) in [4.78, 5) is 22.4. The number of hydrogen-bond acceptors (Lipinski definition) is 3. The number of hydrogen-bond donors (Lipinski definition) is 2. The number of rotatable bonds is 4. The van der Waals surface area contributed by atoms with Crippen LogP contribution in [-0.4, -0.2) is 16.9 Å². The molecule has 0 aromatic heterocycles. The Balaban J connectivity index is 3.22. The van der Waals surface area contributed by atoms with Crippen LogP contribution in [0.1, 0.15) is 23.4 Å². The van der Waals surface area contributed by atoms with Gasteiger partial charge in [-0.05, 0) is 24.1 Å². The predicted molar refractivity (Wildman–Crippen MR) is 64.3 cm³/mol. The van der Waals surface area contributed by atoms with Crippen LogP contribution in [0.4, 0.5) is 0 Å². The Kier molecular flexibility index (Phi) is 4.38. The van der Waals surface area contributed by atoms with Crippen molar-refractivity contribution >= 4 is 36.0 Å². The molecule has 0 radical (unpaired) electrons. The van der Waals surface area contributed by atoms with Crippen molar-refractivity contribution in [1.29, 1.82) is 0 Å². The topological polar surface area (TPSA) is 54.4 Å². The normalized spacial score (nSPS) is 12.2. The summed E-state index contributed by atoms with van der Waals surface area (Å²) < 4.78 is 0. The molecule has 1 rings (SSSR count).